The summed E-state index contributed by atoms with van der Waals surface area (Å²) in [6.07, 6.45) is 14.1. The number of carbonyl (C=O) groups is 1. The van der Waals surface area contributed by atoms with Crippen LogP contribution in [0, 0.1) is 5.92 Å². The summed E-state index contributed by atoms with van der Waals surface area (Å²) in [4.78, 5) is 12.0. The van der Waals surface area contributed by atoms with E-state index in [1.165, 1.54) is 44.1 Å². The molecule has 126 valence electrons. The lowest BCUT2D eigenvalue weighted by molar-refractivity contribution is -0.144. The second kappa shape index (κ2) is 10.3. The first kappa shape index (κ1) is 17.8. The predicted octanol–water partition coefficient (Wildman–Crippen LogP) is 5.64. The molecule has 0 spiro atoms. The molecule has 1 aliphatic carbocycles. The molecule has 23 heavy (non-hydrogen) atoms. The first-order chi connectivity index (χ1) is 11.3. The molecule has 0 aliphatic heterocycles. The lowest BCUT2D eigenvalue weighted by Gasteiger charge is -2.02. The Kier molecular flexibility index (Phi) is 7.92. The zero-order valence-electron chi connectivity index (χ0n) is 14.4. The minimum atomic E-state index is -0.0388. The largest absolute Gasteiger partial charge is 0.461 e. The molecular weight excluding hydrogens is 284 g/mol. The second-order valence-electron chi connectivity index (χ2n) is 6.52. The van der Waals surface area contributed by atoms with Crippen LogP contribution in [0.5, 0.6) is 0 Å². The van der Waals surface area contributed by atoms with Gasteiger partial charge in [-0.1, -0.05) is 81.5 Å². The van der Waals surface area contributed by atoms with Gasteiger partial charge in [0, 0.05) is 0 Å². The van der Waals surface area contributed by atoms with E-state index in [-0.39, 0.29) is 11.9 Å². The van der Waals surface area contributed by atoms with Gasteiger partial charge < -0.3 is 4.74 Å². The third-order valence-electron chi connectivity index (χ3n) is 4.53. The van der Waals surface area contributed by atoms with E-state index in [4.69, 9.17) is 4.74 Å². The summed E-state index contributed by atoms with van der Waals surface area (Å²) in [6, 6.07) is 10.3. The predicted molar refractivity (Wildman–Crippen MR) is 95.4 cm³/mol. The Morgan fingerprint density at radius 1 is 1.09 bits per heavy atom. The maximum atomic E-state index is 12.0. The average molecular weight is 314 g/mol. The Balaban J connectivity index is 1.50. The van der Waals surface area contributed by atoms with Crippen LogP contribution in [0.1, 0.15) is 69.8 Å². The molecule has 2 rings (SSSR count). The van der Waals surface area contributed by atoms with Gasteiger partial charge in [0.25, 0.3) is 0 Å². The van der Waals surface area contributed by atoms with E-state index >= 15 is 0 Å². The fourth-order valence-corrected chi connectivity index (χ4v) is 2.99. The molecule has 1 aromatic carbocycles. The van der Waals surface area contributed by atoms with Crippen LogP contribution in [-0.4, -0.2) is 12.6 Å². The van der Waals surface area contributed by atoms with E-state index in [9.17, 15) is 4.79 Å². The molecular formula is C21H30O2. The van der Waals surface area contributed by atoms with Crippen molar-refractivity contribution in [3.8, 4) is 0 Å². The van der Waals surface area contributed by atoms with E-state index in [1.807, 2.05) is 24.3 Å². The van der Waals surface area contributed by atoms with Gasteiger partial charge in [0.05, 0.1) is 5.92 Å². The number of hydrogen-bond acceptors (Lipinski definition) is 2. The SMILES string of the molecule is CCCCCCCC/C=C/COC(=O)C1CC1c1ccccc1. The molecule has 2 unspecified atom stereocenters. The molecule has 2 atom stereocenters. The highest BCUT2D eigenvalue weighted by molar-refractivity contribution is 5.77. The van der Waals surface area contributed by atoms with Crippen molar-refractivity contribution < 1.29 is 9.53 Å². The van der Waals surface area contributed by atoms with Gasteiger partial charge in [-0.3, -0.25) is 4.79 Å². The van der Waals surface area contributed by atoms with Gasteiger partial charge in [0.1, 0.15) is 6.61 Å². The molecule has 0 saturated heterocycles. The van der Waals surface area contributed by atoms with Crippen LogP contribution >= 0.6 is 0 Å². The van der Waals surface area contributed by atoms with E-state index < -0.39 is 0 Å². The van der Waals surface area contributed by atoms with Crippen molar-refractivity contribution in [3.63, 3.8) is 0 Å². The smallest absolute Gasteiger partial charge is 0.309 e. The number of benzene rings is 1. The second-order valence-corrected chi connectivity index (χ2v) is 6.52. The number of rotatable bonds is 11. The third-order valence-corrected chi connectivity index (χ3v) is 4.53. The number of hydrogen-bond donors (Lipinski definition) is 0. The maximum Gasteiger partial charge on any atom is 0.309 e. The van der Waals surface area contributed by atoms with Gasteiger partial charge >= 0.3 is 5.97 Å². The van der Waals surface area contributed by atoms with Crippen molar-refractivity contribution in [2.45, 2.75) is 64.2 Å². The number of allylic oxidation sites excluding steroid dienone is 1. The molecule has 0 amide bonds. The Labute approximate surface area is 140 Å². The Bertz CT molecular complexity index is 478. The van der Waals surface area contributed by atoms with Crippen LogP contribution < -0.4 is 0 Å². The Morgan fingerprint density at radius 3 is 2.61 bits per heavy atom. The fraction of sp³-hybridized carbons (Fsp3) is 0.571. The van der Waals surface area contributed by atoms with Crippen molar-refractivity contribution in [3.05, 3.63) is 48.0 Å². The summed E-state index contributed by atoms with van der Waals surface area (Å²) in [5, 5.41) is 0. The van der Waals surface area contributed by atoms with Crippen molar-refractivity contribution in [1.82, 2.24) is 0 Å². The normalized spacial score (nSPS) is 19.9. The topological polar surface area (TPSA) is 26.3 Å². The summed E-state index contributed by atoms with van der Waals surface area (Å²) in [5.74, 6) is 0.406. The lowest BCUT2D eigenvalue weighted by atomic mass is 10.1. The molecule has 1 aromatic rings. The average Bonchev–Trinajstić information content (AvgIpc) is 3.38. The van der Waals surface area contributed by atoms with Crippen LogP contribution in [0.2, 0.25) is 0 Å². The van der Waals surface area contributed by atoms with Crippen molar-refractivity contribution in [2.24, 2.45) is 5.92 Å². The molecule has 1 saturated carbocycles. The zero-order chi connectivity index (χ0) is 16.3. The summed E-state index contributed by atoms with van der Waals surface area (Å²) in [6.45, 7) is 2.67. The molecule has 2 heteroatoms. The zero-order valence-corrected chi connectivity index (χ0v) is 14.4. The third kappa shape index (κ3) is 6.60. The molecule has 0 heterocycles. The summed E-state index contributed by atoms with van der Waals surface area (Å²) in [7, 11) is 0. The molecule has 2 nitrogen and oxygen atoms in total. The van der Waals surface area contributed by atoms with Gasteiger partial charge in [-0.05, 0) is 30.7 Å². The molecule has 1 aliphatic rings. The van der Waals surface area contributed by atoms with Crippen LogP contribution in [0.15, 0.2) is 42.5 Å². The number of unbranched alkanes of at least 4 members (excludes halogenated alkanes) is 6. The van der Waals surface area contributed by atoms with E-state index in [0.29, 0.717) is 12.5 Å². The minimum absolute atomic E-state index is 0.0388. The van der Waals surface area contributed by atoms with Gasteiger partial charge in [0.2, 0.25) is 0 Å². The van der Waals surface area contributed by atoms with Crippen LogP contribution in [-0.2, 0) is 9.53 Å². The first-order valence-electron chi connectivity index (χ1n) is 9.19. The summed E-state index contributed by atoms with van der Waals surface area (Å²) in [5.41, 5.74) is 1.26. The number of ether oxygens (including phenoxy) is 1. The van der Waals surface area contributed by atoms with Crippen LogP contribution in [0.4, 0.5) is 0 Å². The minimum Gasteiger partial charge on any atom is -0.461 e. The molecule has 0 radical (unpaired) electrons. The summed E-state index contributed by atoms with van der Waals surface area (Å²) < 4.78 is 5.35. The monoisotopic (exact) mass is 314 g/mol. The van der Waals surface area contributed by atoms with Gasteiger partial charge in [-0.25, -0.2) is 0 Å². The number of esters is 1. The van der Waals surface area contributed by atoms with Crippen molar-refractivity contribution in [1.29, 1.82) is 0 Å². The van der Waals surface area contributed by atoms with Crippen LogP contribution in [0.25, 0.3) is 0 Å². The van der Waals surface area contributed by atoms with E-state index in [1.54, 1.807) is 0 Å². The van der Waals surface area contributed by atoms with Crippen molar-refractivity contribution in [2.75, 3.05) is 6.61 Å². The highest BCUT2D eigenvalue weighted by Gasteiger charge is 2.44. The molecule has 0 N–H and O–H groups in total. The van der Waals surface area contributed by atoms with Crippen LogP contribution in [0.3, 0.4) is 0 Å². The Morgan fingerprint density at radius 2 is 1.83 bits per heavy atom. The van der Waals surface area contributed by atoms with Gasteiger partial charge in [-0.15, -0.1) is 0 Å². The highest BCUT2D eigenvalue weighted by atomic mass is 16.5. The Hall–Kier alpha value is -1.57. The van der Waals surface area contributed by atoms with E-state index in [0.717, 1.165) is 12.8 Å². The standard InChI is InChI=1S/C21H30O2/c1-2-3-4-5-6-7-8-9-13-16-23-21(22)20-17-19(20)18-14-11-10-12-15-18/h9-15,19-20H,2-8,16-17H2,1H3/b13-9+. The van der Waals surface area contributed by atoms with Gasteiger partial charge in [-0.2, -0.15) is 0 Å². The molecule has 0 bridgehead atoms. The highest BCUT2D eigenvalue weighted by Crippen LogP contribution is 2.47. The van der Waals surface area contributed by atoms with Gasteiger partial charge in [0.15, 0.2) is 0 Å². The molecule has 1 fully saturated rings. The van der Waals surface area contributed by atoms with E-state index in [2.05, 4.69) is 25.1 Å². The quantitative estimate of drug-likeness (QED) is 0.300. The fourth-order valence-electron chi connectivity index (χ4n) is 2.99. The number of carbonyl (C=O) groups excluding carboxylic acids is 1. The van der Waals surface area contributed by atoms with Crippen molar-refractivity contribution >= 4 is 5.97 Å². The maximum absolute atomic E-state index is 12.0. The molecule has 0 aromatic heterocycles. The first-order valence-corrected chi connectivity index (χ1v) is 9.19. The lowest BCUT2D eigenvalue weighted by Crippen LogP contribution is -2.07. The summed E-state index contributed by atoms with van der Waals surface area (Å²) >= 11 is 0.